The van der Waals surface area contributed by atoms with Crippen molar-refractivity contribution in [2.75, 3.05) is 11.9 Å². The van der Waals surface area contributed by atoms with Crippen molar-refractivity contribution in [1.82, 2.24) is 10.3 Å². The van der Waals surface area contributed by atoms with Crippen LogP contribution in [0.1, 0.15) is 45.3 Å². The molecular formula is C13H21N3O2S. The van der Waals surface area contributed by atoms with Gasteiger partial charge in [0.05, 0.1) is 11.8 Å². The lowest BCUT2D eigenvalue weighted by molar-refractivity contribution is -0.126. The van der Waals surface area contributed by atoms with E-state index in [1.54, 1.807) is 0 Å². The van der Waals surface area contributed by atoms with E-state index in [9.17, 15) is 4.79 Å². The predicted octanol–water partition coefficient (Wildman–Crippen LogP) is 2.32. The van der Waals surface area contributed by atoms with Crippen LogP contribution in [0.2, 0.25) is 0 Å². The van der Waals surface area contributed by atoms with E-state index in [2.05, 4.69) is 29.5 Å². The van der Waals surface area contributed by atoms with E-state index >= 15 is 0 Å². The minimum atomic E-state index is -0.325. The number of nitrogens with zero attached hydrogens (tertiary/aromatic N) is 1. The van der Waals surface area contributed by atoms with Gasteiger partial charge in [-0.05, 0) is 33.2 Å². The highest BCUT2D eigenvalue weighted by Crippen LogP contribution is 2.23. The first kappa shape index (κ1) is 14.4. The van der Waals surface area contributed by atoms with Crippen LogP contribution in [0.15, 0.2) is 5.38 Å². The first-order valence-corrected chi connectivity index (χ1v) is 7.63. The second kappa shape index (κ2) is 6.45. The minimum absolute atomic E-state index is 0.0821. The molecule has 6 heteroatoms. The molecule has 1 fully saturated rings. The van der Waals surface area contributed by atoms with Gasteiger partial charge in [0.1, 0.15) is 6.10 Å². The summed E-state index contributed by atoms with van der Waals surface area (Å²) in [5.41, 5.74) is 0.961. The van der Waals surface area contributed by atoms with Gasteiger partial charge in [0.25, 0.3) is 5.91 Å². The zero-order chi connectivity index (χ0) is 13.8. The highest BCUT2D eigenvalue weighted by atomic mass is 32.1. The van der Waals surface area contributed by atoms with Gasteiger partial charge in [-0.1, -0.05) is 6.92 Å². The second-order valence-corrected chi connectivity index (χ2v) is 5.72. The molecule has 0 saturated carbocycles. The van der Waals surface area contributed by atoms with Gasteiger partial charge in [0, 0.05) is 11.4 Å². The molecular weight excluding hydrogens is 262 g/mol. The van der Waals surface area contributed by atoms with Crippen LogP contribution in [0.4, 0.5) is 5.13 Å². The van der Waals surface area contributed by atoms with Gasteiger partial charge in [-0.15, -0.1) is 11.3 Å². The van der Waals surface area contributed by atoms with E-state index in [0.717, 1.165) is 25.1 Å². The Morgan fingerprint density at radius 1 is 1.63 bits per heavy atom. The van der Waals surface area contributed by atoms with Gasteiger partial charge in [0.2, 0.25) is 0 Å². The van der Waals surface area contributed by atoms with Crippen molar-refractivity contribution in [3.8, 4) is 0 Å². The van der Waals surface area contributed by atoms with Crippen molar-refractivity contribution < 1.29 is 9.53 Å². The maximum absolute atomic E-state index is 12.0. The van der Waals surface area contributed by atoms with Crippen molar-refractivity contribution in [2.45, 2.75) is 51.9 Å². The molecule has 2 heterocycles. The Hall–Kier alpha value is -0.980. The quantitative estimate of drug-likeness (QED) is 0.870. The van der Waals surface area contributed by atoms with Gasteiger partial charge in [-0.3, -0.25) is 10.1 Å². The summed E-state index contributed by atoms with van der Waals surface area (Å²) in [6.45, 7) is 7.01. The summed E-state index contributed by atoms with van der Waals surface area (Å²) in [7, 11) is 0. The van der Waals surface area contributed by atoms with E-state index in [0.29, 0.717) is 5.13 Å². The van der Waals surface area contributed by atoms with Crippen molar-refractivity contribution >= 4 is 22.4 Å². The van der Waals surface area contributed by atoms with E-state index in [1.807, 2.05) is 12.3 Å². The van der Waals surface area contributed by atoms with E-state index in [-0.39, 0.29) is 24.2 Å². The van der Waals surface area contributed by atoms with Gasteiger partial charge >= 0.3 is 0 Å². The summed E-state index contributed by atoms with van der Waals surface area (Å²) in [5.74, 6) is -0.0821. The maximum Gasteiger partial charge on any atom is 0.255 e. The number of carbonyl (C=O) groups excluding carboxylic acids is 1. The highest BCUT2D eigenvalue weighted by molar-refractivity contribution is 7.13. The first-order chi connectivity index (χ1) is 9.10. The standard InChI is InChI=1S/C13H21N3O2S/c1-4-14-9(3)10-7-19-13(15-10)16-12(17)11-6-5-8(2)18-11/h7-9,11,14H,4-6H2,1-3H3,(H,15,16,17). The van der Waals surface area contributed by atoms with Crippen molar-refractivity contribution in [2.24, 2.45) is 0 Å². The number of carbonyl (C=O) groups is 1. The molecule has 1 aliphatic heterocycles. The van der Waals surface area contributed by atoms with Crippen molar-refractivity contribution in [3.05, 3.63) is 11.1 Å². The van der Waals surface area contributed by atoms with Crippen LogP contribution in [0, 0.1) is 0 Å². The Kier molecular flexibility index (Phi) is 4.90. The molecule has 1 aromatic heterocycles. The molecule has 1 amide bonds. The Bertz CT molecular complexity index is 435. The molecule has 106 valence electrons. The number of rotatable bonds is 5. The summed E-state index contributed by atoms with van der Waals surface area (Å²) in [6.07, 6.45) is 1.59. The Morgan fingerprint density at radius 3 is 3.05 bits per heavy atom. The molecule has 2 N–H and O–H groups in total. The molecule has 19 heavy (non-hydrogen) atoms. The lowest BCUT2D eigenvalue weighted by Gasteiger charge is -2.10. The third kappa shape index (κ3) is 3.75. The van der Waals surface area contributed by atoms with Crippen LogP contribution in [0.5, 0.6) is 0 Å². The number of anilines is 1. The number of ether oxygens (including phenoxy) is 1. The van der Waals surface area contributed by atoms with Crippen molar-refractivity contribution in [1.29, 1.82) is 0 Å². The molecule has 1 aromatic rings. The molecule has 1 saturated heterocycles. The molecule has 0 radical (unpaired) electrons. The fraction of sp³-hybridized carbons (Fsp3) is 0.692. The smallest absolute Gasteiger partial charge is 0.255 e. The Labute approximate surface area is 117 Å². The summed E-state index contributed by atoms with van der Waals surface area (Å²) < 4.78 is 5.54. The fourth-order valence-corrected chi connectivity index (χ4v) is 2.94. The molecule has 3 unspecified atom stereocenters. The number of amides is 1. The number of thiazole rings is 1. The van der Waals surface area contributed by atoms with Gasteiger partial charge in [-0.2, -0.15) is 0 Å². The number of nitrogens with one attached hydrogen (secondary N) is 2. The Morgan fingerprint density at radius 2 is 2.42 bits per heavy atom. The number of hydrogen-bond acceptors (Lipinski definition) is 5. The second-order valence-electron chi connectivity index (χ2n) is 4.86. The summed E-state index contributed by atoms with van der Waals surface area (Å²) in [6, 6.07) is 0.203. The molecule has 0 bridgehead atoms. The molecule has 5 nitrogen and oxygen atoms in total. The zero-order valence-corrected chi connectivity index (χ0v) is 12.4. The normalized spacial score (nSPS) is 24.4. The van der Waals surface area contributed by atoms with Crippen molar-refractivity contribution in [3.63, 3.8) is 0 Å². The molecule has 0 aromatic carbocycles. The number of hydrogen-bond donors (Lipinski definition) is 2. The largest absolute Gasteiger partial charge is 0.365 e. The van der Waals surface area contributed by atoms with Crippen LogP contribution in [-0.2, 0) is 9.53 Å². The summed E-state index contributed by atoms with van der Waals surface area (Å²) in [4.78, 5) is 16.4. The zero-order valence-electron chi connectivity index (χ0n) is 11.6. The fourth-order valence-electron chi connectivity index (χ4n) is 2.13. The maximum atomic E-state index is 12.0. The van der Waals surface area contributed by atoms with E-state index < -0.39 is 0 Å². The molecule has 1 aliphatic rings. The highest BCUT2D eigenvalue weighted by Gasteiger charge is 2.28. The minimum Gasteiger partial charge on any atom is -0.365 e. The molecule has 0 aliphatic carbocycles. The van der Waals surface area contributed by atoms with Gasteiger partial charge < -0.3 is 10.1 Å². The first-order valence-electron chi connectivity index (χ1n) is 6.75. The SMILES string of the molecule is CCNC(C)c1csc(NC(=O)C2CCC(C)O2)n1. The Balaban J connectivity index is 1.91. The van der Waals surface area contributed by atoms with Crippen LogP contribution >= 0.6 is 11.3 Å². The monoisotopic (exact) mass is 283 g/mol. The molecule has 2 rings (SSSR count). The topological polar surface area (TPSA) is 63.2 Å². The average Bonchev–Trinajstić information content (AvgIpc) is 2.98. The van der Waals surface area contributed by atoms with Crippen LogP contribution in [-0.4, -0.2) is 29.6 Å². The summed E-state index contributed by atoms with van der Waals surface area (Å²) >= 11 is 1.45. The lowest BCUT2D eigenvalue weighted by atomic mass is 10.2. The number of aromatic nitrogens is 1. The van der Waals surface area contributed by atoms with E-state index in [4.69, 9.17) is 4.74 Å². The van der Waals surface area contributed by atoms with Gasteiger partial charge in [0.15, 0.2) is 5.13 Å². The molecule has 3 atom stereocenters. The van der Waals surface area contributed by atoms with E-state index in [1.165, 1.54) is 11.3 Å². The average molecular weight is 283 g/mol. The van der Waals surface area contributed by atoms with Crippen LogP contribution in [0.3, 0.4) is 0 Å². The predicted molar refractivity (Wildman–Crippen MR) is 76.4 cm³/mol. The summed E-state index contributed by atoms with van der Waals surface area (Å²) in [5, 5.41) is 8.75. The lowest BCUT2D eigenvalue weighted by Crippen LogP contribution is -2.27. The van der Waals surface area contributed by atoms with Crippen LogP contribution in [0.25, 0.3) is 0 Å². The third-order valence-corrected chi connectivity index (χ3v) is 4.01. The van der Waals surface area contributed by atoms with Gasteiger partial charge in [-0.25, -0.2) is 4.98 Å². The van der Waals surface area contributed by atoms with Crippen LogP contribution < -0.4 is 10.6 Å². The third-order valence-electron chi connectivity index (χ3n) is 3.23. The molecule has 0 spiro atoms.